The van der Waals surface area contributed by atoms with Crippen molar-refractivity contribution >= 4 is 0 Å². The number of hydrogen-bond acceptors (Lipinski definition) is 3. The Morgan fingerprint density at radius 1 is 1.17 bits per heavy atom. The van der Waals surface area contributed by atoms with Gasteiger partial charge in [-0.2, -0.15) is 0 Å². The third kappa shape index (κ3) is 4.22. The van der Waals surface area contributed by atoms with Crippen LogP contribution in [0.4, 0.5) is 0 Å². The lowest BCUT2D eigenvalue weighted by atomic mass is 10.0. The summed E-state index contributed by atoms with van der Waals surface area (Å²) in [5, 5.41) is 3.58. The molecule has 1 N–H and O–H groups in total. The molecule has 0 spiro atoms. The van der Waals surface area contributed by atoms with Crippen LogP contribution in [0.3, 0.4) is 0 Å². The van der Waals surface area contributed by atoms with Crippen LogP contribution in [0, 0.1) is 5.92 Å². The lowest BCUT2D eigenvalue weighted by molar-refractivity contribution is 0.138. The summed E-state index contributed by atoms with van der Waals surface area (Å²) in [6.07, 6.45) is 5.62. The summed E-state index contributed by atoms with van der Waals surface area (Å²) in [5.74, 6) is 0.876. The van der Waals surface area contributed by atoms with E-state index in [0.29, 0.717) is 6.04 Å². The zero-order valence-corrected chi connectivity index (χ0v) is 12.5. The van der Waals surface area contributed by atoms with Gasteiger partial charge in [0.2, 0.25) is 0 Å². The molecule has 0 amide bonds. The quantitative estimate of drug-likeness (QED) is 0.806. The molecule has 0 radical (unpaired) electrons. The molecule has 2 rings (SSSR count). The second kappa shape index (κ2) is 6.88. The number of piperidine rings is 1. The van der Waals surface area contributed by atoms with Gasteiger partial charge in [0.15, 0.2) is 0 Å². The predicted molar refractivity (Wildman–Crippen MR) is 78.0 cm³/mol. The molecule has 2 saturated heterocycles. The minimum Gasteiger partial charge on any atom is -0.314 e. The van der Waals surface area contributed by atoms with Crippen LogP contribution in [-0.2, 0) is 0 Å². The maximum atomic E-state index is 3.58. The Labute approximate surface area is 113 Å². The molecule has 106 valence electrons. The van der Waals surface area contributed by atoms with Crippen LogP contribution in [0.15, 0.2) is 0 Å². The van der Waals surface area contributed by atoms with Gasteiger partial charge in [0.05, 0.1) is 0 Å². The van der Waals surface area contributed by atoms with Gasteiger partial charge >= 0.3 is 0 Å². The molecule has 0 aromatic carbocycles. The fraction of sp³-hybridized carbons (Fsp3) is 1.00. The summed E-state index contributed by atoms with van der Waals surface area (Å²) in [7, 11) is 2.30. The van der Waals surface area contributed by atoms with Gasteiger partial charge in [-0.15, -0.1) is 0 Å². The first-order valence-corrected chi connectivity index (χ1v) is 7.81. The van der Waals surface area contributed by atoms with Gasteiger partial charge in [-0.05, 0) is 51.9 Å². The van der Waals surface area contributed by atoms with E-state index in [1.165, 1.54) is 58.4 Å². The van der Waals surface area contributed by atoms with E-state index in [1.54, 1.807) is 0 Å². The summed E-state index contributed by atoms with van der Waals surface area (Å²) in [5.41, 5.74) is 0. The van der Waals surface area contributed by atoms with Gasteiger partial charge in [-0.3, -0.25) is 0 Å². The van der Waals surface area contributed by atoms with Crippen LogP contribution in [0.25, 0.3) is 0 Å². The minimum atomic E-state index is 0.628. The molecule has 3 heteroatoms. The largest absolute Gasteiger partial charge is 0.314 e. The molecular weight excluding hydrogens is 222 g/mol. The average molecular weight is 253 g/mol. The molecule has 2 atom stereocenters. The van der Waals surface area contributed by atoms with E-state index in [-0.39, 0.29) is 0 Å². The highest BCUT2D eigenvalue weighted by atomic mass is 15.2. The first kappa shape index (κ1) is 14.3. The van der Waals surface area contributed by atoms with Crippen LogP contribution in [0.1, 0.15) is 39.5 Å². The van der Waals surface area contributed by atoms with Gasteiger partial charge in [0.25, 0.3) is 0 Å². The van der Waals surface area contributed by atoms with E-state index < -0.39 is 0 Å². The van der Waals surface area contributed by atoms with Crippen molar-refractivity contribution in [3.63, 3.8) is 0 Å². The molecule has 18 heavy (non-hydrogen) atoms. The summed E-state index contributed by atoms with van der Waals surface area (Å²) >= 11 is 0. The molecule has 0 bridgehead atoms. The highest BCUT2D eigenvalue weighted by molar-refractivity contribution is 4.83. The third-order valence-corrected chi connectivity index (χ3v) is 4.58. The molecule has 2 aliphatic heterocycles. The Bertz CT molecular complexity index is 242. The molecule has 0 aromatic heterocycles. The lowest BCUT2D eigenvalue weighted by Crippen LogP contribution is -2.44. The molecule has 0 saturated carbocycles. The summed E-state index contributed by atoms with van der Waals surface area (Å²) < 4.78 is 0. The third-order valence-electron chi connectivity index (χ3n) is 4.58. The van der Waals surface area contributed by atoms with Crippen LogP contribution in [0.2, 0.25) is 0 Å². The fourth-order valence-corrected chi connectivity index (χ4v) is 3.32. The maximum Gasteiger partial charge on any atom is 0.0220 e. The van der Waals surface area contributed by atoms with Crippen molar-refractivity contribution in [2.75, 3.05) is 39.8 Å². The van der Waals surface area contributed by atoms with Gasteiger partial charge in [-0.1, -0.05) is 20.3 Å². The van der Waals surface area contributed by atoms with Gasteiger partial charge < -0.3 is 15.1 Å². The standard InChI is InChI=1S/C15H31N3/c1-13(2)16-10-14-7-9-18(11-14)12-15-6-4-5-8-17(15)3/h13-16H,4-12H2,1-3H3. The molecule has 2 aliphatic rings. The van der Waals surface area contributed by atoms with Crippen LogP contribution < -0.4 is 5.32 Å². The van der Waals surface area contributed by atoms with Crippen molar-refractivity contribution in [3.05, 3.63) is 0 Å². The Kier molecular flexibility index (Phi) is 5.46. The van der Waals surface area contributed by atoms with Crippen molar-refractivity contribution in [1.29, 1.82) is 0 Å². The maximum absolute atomic E-state index is 3.58. The second-order valence-electron chi connectivity index (χ2n) is 6.61. The first-order valence-electron chi connectivity index (χ1n) is 7.81. The number of rotatable bonds is 5. The highest BCUT2D eigenvalue weighted by Crippen LogP contribution is 2.20. The number of nitrogens with one attached hydrogen (secondary N) is 1. The molecule has 0 aliphatic carbocycles. The predicted octanol–water partition coefficient (Wildman–Crippen LogP) is 1.79. The van der Waals surface area contributed by atoms with Crippen LogP contribution in [0.5, 0.6) is 0 Å². The van der Waals surface area contributed by atoms with Crippen LogP contribution in [-0.4, -0.2) is 61.7 Å². The van der Waals surface area contributed by atoms with Gasteiger partial charge in [0.1, 0.15) is 0 Å². The van der Waals surface area contributed by atoms with E-state index in [2.05, 4.69) is 36.0 Å². The molecule has 2 heterocycles. The topological polar surface area (TPSA) is 18.5 Å². The fourth-order valence-electron chi connectivity index (χ4n) is 3.32. The average Bonchev–Trinajstić information content (AvgIpc) is 2.77. The highest BCUT2D eigenvalue weighted by Gasteiger charge is 2.27. The zero-order chi connectivity index (χ0) is 13.0. The van der Waals surface area contributed by atoms with Crippen molar-refractivity contribution in [3.8, 4) is 0 Å². The molecule has 0 aromatic rings. The van der Waals surface area contributed by atoms with E-state index >= 15 is 0 Å². The molecule has 3 nitrogen and oxygen atoms in total. The number of nitrogens with zero attached hydrogens (tertiary/aromatic N) is 2. The number of likely N-dealkylation sites (tertiary alicyclic amines) is 2. The van der Waals surface area contributed by atoms with Crippen molar-refractivity contribution < 1.29 is 0 Å². The Morgan fingerprint density at radius 2 is 2.00 bits per heavy atom. The first-order chi connectivity index (χ1) is 8.65. The van der Waals surface area contributed by atoms with E-state index in [0.717, 1.165) is 12.0 Å². The van der Waals surface area contributed by atoms with E-state index in [4.69, 9.17) is 0 Å². The zero-order valence-electron chi connectivity index (χ0n) is 12.5. The Morgan fingerprint density at radius 3 is 2.72 bits per heavy atom. The van der Waals surface area contributed by atoms with Crippen LogP contribution >= 0.6 is 0 Å². The SMILES string of the molecule is CC(C)NCC1CCN(CC2CCCCN2C)C1. The van der Waals surface area contributed by atoms with Gasteiger partial charge in [0, 0.05) is 25.2 Å². The van der Waals surface area contributed by atoms with Crippen molar-refractivity contribution in [2.45, 2.75) is 51.6 Å². The molecule has 2 unspecified atom stereocenters. The van der Waals surface area contributed by atoms with Crippen molar-refractivity contribution in [2.24, 2.45) is 5.92 Å². The number of likely N-dealkylation sites (N-methyl/N-ethyl adjacent to an activating group) is 1. The minimum absolute atomic E-state index is 0.628. The van der Waals surface area contributed by atoms with Gasteiger partial charge in [-0.25, -0.2) is 0 Å². The monoisotopic (exact) mass is 253 g/mol. The molecular formula is C15H31N3. The normalized spacial score (nSPS) is 31.3. The summed E-state index contributed by atoms with van der Waals surface area (Å²) in [6, 6.07) is 1.44. The second-order valence-corrected chi connectivity index (χ2v) is 6.61. The Balaban J connectivity index is 1.68. The van der Waals surface area contributed by atoms with E-state index in [1.807, 2.05) is 0 Å². The molecule has 2 fully saturated rings. The van der Waals surface area contributed by atoms with E-state index in [9.17, 15) is 0 Å². The summed E-state index contributed by atoms with van der Waals surface area (Å²) in [4.78, 5) is 5.27. The summed E-state index contributed by atoms with van der Waals surface area (Å²) in [6.45, 7) is 10.9. The smallest absolute Gasteiger partial charge is 0.0220 e. The van der Waals surface area contributed by atoms with Crippen molar-refractivity contribution in [1.82, 2.24) is 15.1 Å². The Hall–Kier alpha value is -0.120. The number of hydrogen-bond donors (Lipinski definition) is 1. The lowest BCUT2D eigenvalue weighted by Gasteiger charge is -2.35.